The highest BCUT2D eigenvalue weighted by atomic mass is 16.4. The molecule has 0 saturated heterocycles. The van der Waals surface area contributed by atoms with Crippen molar-refractivity contribution in [1.29, 1.82) is 0 Å². The number of aliphatic hydroxyl groups excluding tert-OH is 1. The number of amides is 8. The third kappa shape index (κ3) is 21.2. The second-order valence-corrected chi connectivity index (χ2v) is 14.8. The summed E-state index contributed by atoms with van der Waals surface area (Å²) in [5, 5.41) is 53.1. The van der Waals surface area contributed by atoms with Crippen molar-refractivity contribution < 1.29 is 73.2 Å². The molecule has 0 bridgehead atoms. The van der Waals surface area contributed by atoms with Crippen molar-refractivity contribution in [3.05, 3.63) is 0 Å². The Hall–Kier alpha value is -5.95. The van der Waals surface area contributed by atoms with E-state index in [4.69, 9.17) is 27.4 Å². The lowest BCUT2D eigenvalue weighted by molar-refractivity contribution is -0.147. The van der Waals surface area contributed by atoms with Crippen molar-refractivity contribution in [3.8, 4) is 0 Å². The molecule has 0 aromatic rings. The zero-order chi connectivity index (χ0) is 47.1. The first-order chi connectivity index (χ1) is 28.4. The maximum atomic E-state index is 13.8. The lowest BCUT2D eigenvalue weighted by atomic mass is 9.96. The number of nitrogens with one attached hydrogen (secondary N) is 7. The summed E-state index contributed by atoms with van der Waals surface area (Å²) in [5.41, 5.74) is 16.4. The summed E-state index contributed by atoms with van der Waals surface area (Å²) < 4.78 is 0. The number of carbonyl (C=O) groups excluding carboxylic acids is 8. The minimum atomic E-state index is -1.95. The quantitative estimate of drug-likeness (QED) is 0.0300. The molecule has 0 spiro atoms. The summed E-state index contributed by atoms with van der Waals surface area (Å²) in [4.78, 5) is 139. The Morgan fingerprint density at radius 2 is 1.02 bits per heavy atom. The molecule has 346 valence electrons. The summed E-state index contributed by atoms with van der Waals surface area (Å²) in [7, 11) is 0. The second-order valence-electron chi connectivity index (χ2n) is 14.8. The van der Waals surface area contributed by atoms with Gasteiger partial charge in [-0.15, -0.1) is 0 Å². The van der Waals surface area contributed by atoms with Crippen LogP contribution in [0.4, 0.5) is 0 Å². The van der Waals surface area contributed by atoms with Crippen molar-refractivity contribution in [2.45, 2.75) is 134 Å². The fourth-order valence-electron chi connectivity index (χ4n) is 5.43. The Morgan fingerprint density at radius 3 is 1.49 bits per heavy atom. The Labute approximate surface area is 351 Å². The molecule has 0 unspecified atom stereocenters. The number of aliphatic hydroxyl groups is 1. The Morgan fingerprint density at radius 1 is 0.557 bits per heavy atom. The van der Waals surface area contributed by atoms with Gasteiger partial charge in [-0.05, 0) is 51.0 Å². The Balaban J connectivity index is 6.45. The van der Waals surface area contributed by atoms with Crippen LogP contribution in [0.2, 0.25) is 0 Å². The molecule has 0 heterocycles. The molecule has 8 amide bonds. The predicted molar refractivity (Wildman–Crippen MR) is 212 cm³/mol. The van der Waals surface area contributed by atoms with E-state index in [1.807, 2.05) is 5.32 Å². The first-order valence-corrected chi connectivity index (χ1v) is 19.5. The van der Waals surface area contributed by atoms with Crippen LogP contribution in [0.1, 0.15) is 86.0 Å². The smallest absolute Gasteiger partial charge is 0.326 e. The van der Waals surface area contributed by atoms with Gasteiger partial charge in [0.25, 0.3) is 0 Å². The molecule has 0 rings (SSSR count). The fraction of sp³-hybridized carbons (Fsp3) is 0.694. The van der Waals surface area contributed by atoms with Gasteiger partial charge >= 0.3 is 17.9 Å². The number of aliphatic carboxylic acids is 3. The summed E-state index contributed by atoms with van der Waals surface area (Å²) in [6, 6.07) is -12.5. The van der Waals surface area contributed by atoms with Gasteiger partial charge in [0.1, 0.15) is 48.3 Å². The van der Waals surface area contributed by atoms with Gasteiger partial charge in [0.15, 0.2) is 0 Å². The Bertz CT molecular complexity index is 1580. The molecular weight excluding hydrogens is 812 g/mol. The zero-order valence-electron chi connectivity index (χ0n) is 34.9. The third-order valence-electron chi connectivity index (χ3n) is 9.04. The number of rotatable bonds is 30. The first kappa shape index (κ1) is 55.0. The predicted octanol–water partition coefficient (Wildman–Crippen LogP) is -5.15. The van der Waals surface area contributed by atoms with Gasteiger partial charge in [-0.3, -0.25) is 47.9 Å². The number of primary amides is 1. The largest absolute Gasteiger partial charge is 0.481 e. The number of unbranched alkanes of at least 4 members (excludes halogenated alkanes) is 1. The number of hydrogen-bond donors (Lipinski definition) is 14. The Kier molecular flexibility index (Phi) is 25.0. The molecule has 0 aromatic carbocycles. The molecular formula is C36H62N10O15. The molecule has 25 nitrogen and oxygen atoms in total. The molecule has 61 heavy (non-hydrogen) atoms. The molecule has 25 heteroatoms. The first-order valence-electron chi connectivity index (χ1n) is 19.5. The monoisotopic (exact) mass is 874 g/mol. The van der Waals surface area contributed by atoms with Crippen LogP contribution < -0.4 is 54.4 Å². The minimum absolute atomic E-state index is 0.0238. The van der Waals surface area contributed by atoms with Crippen molar-refractivity contribution in [2.24, 2.45) is 29.0 Å². The van der Waals surface area contributed by atoms with E-state index in [9.17, 15) is 63.0 Å². The number of carboxylic acid groups (broad SMARTS) is 3. The van der Waals surface area contributed by atoms with Crippen LogP contribution in [-0.2, 0) is 52.7 Å². The second kappa shape index (κ2) is 27.7. The summed E-state index contributed by atoms with van der Waals surface area (Å²) in [5.74, 6) is -14.2. The van der Waals surface area contributed by atoms with E-state index in [-0.39, 0.29) is 31.7 Å². The average molecular weight is 875 g/mol. The maximum Gasteiger partial charge on any atom is 0.326 e. The van der Waals surface area contributed by atoms with Crippen LogP contribution in [0.3, 0.4) is 0 Å². The molecule has 0 radical (unpaired) electrons. The highest BCUT2D eigenvalue weighted by Crippen LogP contribution is 2.12. The van der Waals surface area contributed by atoms with Crippen LogP contribution in [0.15, 0.2) is 0 Å². The van der Waals surface area contributed by atoms with Crippen molar-refractivity contribution in [1.82, 2.24) is 37.2 Å². The van der Waals surface area contributed by atoms with E-state index in [0.29, 0.717) is 12.8 Å². The average Bonchev–Trinajstić information content (AvgIpc) is 3.16. The van der Waals surface area contributed by atoms with Gasteiger partial charge < -0.3 is 74.8 Å². The van der Waals surface area contributed by atoms with Gasteiger partial charge in [-0.1, -0.05) is 34.1 Å². The lowest BCUT2D eigenvalue weighted by Gasteiger charge is -2.29. The van der Waals surface area contributed by atoms with Crippen LogP contribution >= 0.6 is 0 Å². The van der Waals surface area contributed by atoms with Crippen molar-refractivity contribution >= 4 is 65.2 Å². The van der Waals surface area contributed by atoms with Gasteiger partial charge in [0.05, 0.1) is 25.9 Å². The minimum Gasteiger partial charge on any atom is -0.481 e. The van der Waals surface area contributed by atoms with E-state index in [1.165, 1.54) is 6.92 Å². The van der Waals surface area contributed by atoms with Crippen LogP contribution in [0, 0.1) is 11.8 Å². The number of hydrogen-bond acceptors (Lipinski definition) is 14. The number of nitrogens with two attached hydrogens (primary N) is 3. The van der Waals surface area contributed by atoms with Gasteiger partial charge in [-0.25, -0.2) is 4.79 Å². The van der Waals surface area contributed by atoms with Crippen LogP contribution in [-0.4, -0.2) is 147 Å². The highest BCUT2D eigenvalue weighted by molar-refractivity contribution is 5.99. The van der Waals surface area contributed by atoms with Gasteiger partial charge in [0.2, 0.25) is 47.3 Å². The van der Waals surface area contributed by atoms with Crippen molar-refractivity contribution in [2.75, 3.05) is 13.2 Å². The molecule has 0 fully saturated rings. The van der Waals surface area contributed by atoms with E-state index < -0.39 is 145 Å². The number of carboxylic acids is 3. The zero-order valence-corrected chi connectivity index (χ0v) is 34.9. The van der Waals surface area contributed by atoms with Crippen LogP contribution in [0.25, 0.3) is 0 Å². The van der Waals surface area contributed by atoms with E-state index in [2.05, 4.69) is 31.9 Å². The molecule has 0 saturated carbocycles. The fourth-order valence-corrected chi connectivity index (χ4v) is 5.43. The molecule has 0 aromatic heterocycles. The molecule has 0 aliphatic carbocycles. The van der Waals surface area contributed by atoms with E-state index in [1.54, 1.807) is 27.7 Å². The number of carbonyl (C=O) groups is 11. The van der Waals surface area contributed by atoms with Gasteiger partial charge in [-0.2, -0.15) is 0 Å². The normalized spacial score (nSPS) is 15.4. The molecule has 17 N–H and O–H groups in total. The highest BCUT2D eigenvalue weighted by Gasteiger charge is 2.36. The molecule has 9 atom stereocenters. The summed E-state index contributed by atoms with van der Waals surface area (Å²) in [6.45, 7) is 7.33. The molecule has 0 aliphatic heterocycles. The summed E-state index contributed by atoms with van der Waals surface area (Å²) >= 11 is 0. The summed E-state index contributed by atoms with van der Waals surface area (Å²) in [6.07, 6.45) is -2.07. The van der Waals surface area contributed by atoms with Gasteiger partial charge in [0, 0.05) is 0 Å². The topological polar surface area (TPSA) is 431 Å². The van der Waals surface area contributed by atoms with E-state index in [0.717, 1.165) is 0 Å². The maximum absolute atomic E-state index is 13.8. The van der Waals surface area contributed by atoms with Crippen LogP contribution in [0.5, 0.6) is 0 Å². The van der Waals surface area contributed by atoms with E-state index >= 15 is 0 Å². The lowest BCUT2D eigenvalue weighted by Crippen LogP contribution is -2.61. The third-order valence-corrected chi connectivity index (χ3v) is 9.04. The SMILES string of the molecule is CC[C@H](C)[C@H](NC(=O)[C@H](CCCCN)NC(=O)[C@H](C)NC(=O)[C@@H](N)CO)C(=O)N[C@@H](CC(=O)O)C(=O)N[C@@H](CC(N)=O)C(=O)N[C@@H](CC(C)C)C(=O)N[C@@H](CC(=O)O)C(=O)O. The standard InChI is InChI=1S/C36H62N10O15/c1-6-17(4)28(46-31(55)20(9-7-8-10-37)41-29(53)18(5)40-30(54)19(38)15-47)35(59)44-23(13-26(49)50)34(58)43-22(12-25(39)48)33(57)42-21(11-16(2)3)32(56)45-24(36(60)61)14-27(51)52/h16-24,28,47H,6-15,37-38H2,1-5H3,(H2,39,48)(H,40,54)(H,41,53)(H,42,57)(H,43,58)(H,44,59)(H,45,56)(H,46,55)(H,49,50)(H,51,52)(H,60,61)/t17-,18-,19-,20-,21-,22-,23-,24-,28-/m0/s1. The van der Waals surface area contributed by atoms with Crippen molar-refractivity contribution in [3.63, 3.8) is 0 Å². The molecule has 0 aliphatic rings.